The molecule has 0 aromatic heterocycles. The molecule has 0 bridgehead atoms. The molecule has 0 aliphatic heterocycles. The predicted octanol–water partition coefficient (Wildman–Crippen LogP) is 5.66. The zero-order chi connectivity index (χ0) is 19.5. The Kier molecular flexibility index (Phi) is 17.5. The van der Waals surface area contributed by atoms with Gasteiger partial charge in [0.05, 0.1) is 13.0 Å². The van der Waals surface area contributed by atoms with Gasteiger partial charge in [0.1, 0.15) is 0 Å². The van der Waals surface area contributed by atoms with Gasteiger partial charge in [-0.15, -0.1) is 0 Å². The molecule has 0 aliphatic rings. The third-order valence-corrected chi connectivity index (χ3v) is 4.61. The average Bonchev–Trinajstić information content (AvgIpc) is 2.65. The van der Waals surface area contributed by atoms with Crippen molar-refractivity contribution in [2.24, 2.45) is 0 Å². The van der Waals surface area contributed by atoms with Crippen LogP contribution in [0.5, 0.6) is 0 Å². The molecule has 0 unspecified atom stereocenters. The molecule has 0 aromatic rings. The van der Waals surface area contributed by atoms with E-state index < -0.39 is 0 Å². The summed E-state index contributed by atoms with van der Waals surface area (Å²) in [6.07, 6.45) is 15.9. The van der Waals surface area contributed by atoms with Gasteiger partial charge in [0, 0.05) is 13.1 Å². The minimum Gasteiger partial charge on any atom is -0.466 e. The van der Waals surface area contributed by atoms with Crippen LogP contribution in [-0.2, 0) is 14.3 Å². The number of ether oxygens (including phenoxy) is 1. The molecule has 152 valence electrons. The number of carbonyl (C=O) groups is 2. The Bertz CT molecular complexity index is 368. The summed E-state index contributed by atoms with van der Waals surface area (Å²) >= 11 is 0. The van der Waals surface area contributed by atoms with E-state index in [0.29, 0.717) is 19.7 Å². The summed E-state index contributed by atoms with van der Waals surface area (Å²) in [5, 5.41) is 0. The van der Waals surface area contributed by atoms with Gasteiger partial charge in [0.2, 0.25) is 5.91 Å². The first kappa shape index (κ1) is 24.7. The summed E-state index contributed by atoms with van der Waals surface area (Å²) in [7, 11) is 0. The molecule has 4 nitrogen and oxygen atoms in total. The fourth-order valence-corrected chi connectivity index (χ4v) is 2.91. The smallest absolute Gasteiger partial charge is 0.307 e. The topological polar surface area (TPSA) is 46.6 Å². The first-order valence-corrected chi connectivity index (χ1v) is 10.7. The zero-order valence-corrected chi connectivity index (χ0v) is 17.3. The fourth-order valence-electron chi connectivity index (χ4n) is 2.91. The lowest BCUT2D eigenvalue weighted by atomic mass is 10.1. The number of hydrogen-bond donors (Lipinski definition) is 0. The Morgan fingerprint density at radius 2 is 1.35 bits per heavy atom. The third kappa shape index (κ3) is 15.0. The van der Waals surface area contributed by atoms with E-state index in [2.05, 4.69) is 20.4 Å². The van der Waals surface area contributed by atoms with E-state index >= 15 is 0 Å². The number of unbranched alkanes of at least 4 members (excludes halogenated alkanes) is 10. The van der Waals surface area contributed by atoms with Crippen molar-refractivity contribution < 1.29 is 14.3 Å². The largest absolute Gasteiger partial charge is 0.466 e. The molecule has 26 heavy (non-hydrogen) atoms. The molecular formula is C22H41NO3. The molecule has 0 rings (SSSR count). The van der Waals surface area contributed by atoms with Crippen LogP contribution in [0.15, 0.2) is 12.7 Å². The molecule has 0 N–H and O–H groups in total. The Balaban J connectivity index is 3.74. The van der Waals surface area contributed by atoms with Gasteiger partial charge in [0.15, 0.2) is 0 Å². The van der Waals surface area contributed by atoms with Gasteiger partial charge in [-0.05, 0) is 18.9 Å². The van der Waals surface area contributed by atoms with Gasteiger partial charge >= 0.3 is 5.97 Å². The molecule has 0 saturated carbocycles. The lowest BCUT2D eigenvalue weighted by molar-refractivity contribution is -0.144. The van der Waals surface area contributed by atoms with E-state index in [1.54, 1.807) is 4.90 Å². The Morgan fingerprint density at radius 1 is 0.808 bits per heavy atom. The van der Waals surface area contributed by atoms with Gasteiger partial charge < -0.3 is 9.64 Å². The standard InChI is InChI=1S/C22H41NO3/c1-4-7-9-11-12-13-14-16-20-26-22(25)17-19-23(21(24)6-3)18-15-10-8-5-2/h6H,3-5,7-20H2,1-2H3. The lowest BCUT2D eigenvalue weighted by Gasteiger charge is -2.20. The number of amides is 1. The van der Waals surface area contributed by atoms with Crippen LogP contribution in [0.3, 0.4) is 0 Å². The highest BCUT2D eigenvalue weighted by Gasteiger charge is 2.12. The Hall–Kier alpha value is -1.32. The lowest BCUT2D eigenvalue weighted by Crippen LogP contribution is -2.32. The number of rotatable bonds is 18. The molecule has 0 spiro atoms. The molecule has 0 aromatic carbocycles. The average molecular weight is 368 g/mol. The minimum absolute atomic E-state index is 0.0997. The van der Waals surface area contributed by atoms with Crippen LogP contribution in [0.4, 0.5) is 0 Å². The number of esters is 1. The molecule has 0 atom stereocenters. The second-order valence-corrected chi connectivity index (χ2v) is 7.04. The monoisotopic (exact) mass is 367 g/mol. The summed E-state index contributed by atoms with van der Waals surface area (Å²) in [4.78, 5) is 25.4. The van der Waals surface area contributed by atoms with E-state index in [1.807, 2.05) is 0 Å². The van der Waals surface area contributed by atoms with Gasteiger partial charge in [-0.25, -0.2) is 0 Å². The van der Waals surface area contributed by atoms with Crippen molar-refractivity contribution >= 4 is 11.9 Å². The highest BCUT2D eigenvalue weighted by molar-refractivity contribution is 5.87. The van der Waals surface area contributed by atoms with Crippen LogP contribution < -0.4 is 0 Å². The highest BCUT2D eigenvalue weighted by atomic mass is 16.5. The quantitative estimate of drug-likeness (QED) is 0.178. The normalized spacial score (nSPS) is 10.5. The number of nitrogens with zero attached hydrogens (tertiary/aromatic N) is 1. The third-order valence-electron chi connectivity index (χ3n) is 4.61. The molecule has 0 fully saturated rings. The second kappa shape index (κ2) is 18.5. The summed E-state index contributed by atoms with van der Waals surface area (Å²) in [6.45, 7) is 9.55. The van der Waals surface area contributed by atoms with Crippen molar-refractivity contribution in [3.8, 4) is 0 Å². The maximum absolute atomic E-state index is 11.9. The van der Waals surface area contributed by atoms with Crippen molar-refractivity contribution in [3.63, 3.8) is 0 Å². The van der Waals surface area contributed by atoms with Crippen molar-refractivity contribution in [2.45, 2.75) is 97.3 Å². The maximum atomic E-state index is 11.9. The Morgan fingerprint density at radius 3 is 1.92 bits per heavy atom. The van der Waals surface area contributed by atoms with Crippen LogP contribution in [-0.4, -0.2) is 36.5 Å². The molecular weight excluding hydrogens is 326 g/mol. The van der Waals surface area contributed by atoms with Gasteiger partial charge in [-0.2, -0.15) is 0 Å². The van der Waals surface area contributed by atoms with Gasteiger partial charge in [-0.1, -0.05) is 84.6 Å². The summed E-state index contributed by atoms with van der Waals surface area (Å²) in [5.41, 5.74) is 0. The van der Waals surface area contributed by atoms with Crippen molar-refractivity contribution in [1.29, 1.82) is 0 Å². The Labute approximate surface area is 161 Å². The molecule has 0 radical (unpaired) electrons. The number of carbonyl (C=O) groups excluding carboxylic acids is 2. The van der Waals surface area contributed by atoms with Crippen LogP contribution in [0.1, 0.15) is 97.3 Å². The summed E-state index contributed by atoms with van der Waals surface area (Å²) in [6, 6.07) is 0. The van der Waals surface area contributed by atoms with E-state index in [0.717, 1.165) is 25.7 Å². The van der Waals surface area contributed by atoms with Crippen LogP contribution in [0.2, 0.25) is 0 Å². The van der Waals surface area contributed by atoms with E-state index in [1.165, 1.54) is 57.4 Å². The molecule has 1 amide bonds. The maximum Gasteiger partial charge on any atom is 0.307 e. The van der Waals surface area contributed by atoms with E-state index in [-0.39, 0.29) is 18.3 Å². The van der Waals surface area contributed by atoms with Crippen LogP contribution in [0, 0.1) is 0 Å². The van der Waals surface area contributed by atoms with Crippen molar-refractivity contribution in [2.75, 3.05) is 19.7 Å². The molecule has 0 saturated heterocycles. The molecule has 0 aliphatic carbocycles. The predicted molar refractivity (Wildman–Crippen MR) is 109 cm³/mol. The zero-order valence-electron chi connectivity index (χ0n) is 17.3. The van der Waals surface area contributed by atoms with E-state index in [9.17, 15) is 9.59 Å². The summed E-state index contributed by atoms with van der Waals surface area (Å²) < 4.78 is 5.29. The first-order valence-electron chi connectivity index (χ1n) is 10.7. The van der Waals surface area contributed by atoms with Gasteiger partial charge in [0.25, 0.3) is 0 Å². The fraction of sp³-hybridized carbons (Fsp3) is 0.818. The van der Waals surface area contributed by atoms with Gasteiger partial charge in [-0.3, -0.25) is 9.59 Å². The molecule has 0 heterocycles. The number of hydrogen-bond acceptors (Lipinski definition) is 3. The van der Waals surface area contributed by atoms with E-state index in [4.69, 9.17) is 4.74 Å². The van der Waals surface area contributed by atoms with Crippen LogP contribution >= 0.6 is 0 Å². The second-order valence-electron chi connectivity index (χ2n) is 7.04. The van der Waals surface area contributed by atoms with Crippen molar-refractivity contribution in [3.05, 3.63) is 12.7 Å². The van der Waals surface area contributed by atoms with Crippen LogP contribution in [0.25, 0.3) is 0 Å². The minimum atomic E-state index is -0.205. The van der Waals surface area contributed by atoms with Crippen molar-refractivity contribution in [1.82, 2.24) is 4.90 Å². The summed E-state index contributed by atoms with van der Waals surface area (Å²) in [5.74, 6) is -0.305. The highest BCUT2D eigenvalue weighted by Crippen LogP contribution is 2.09. The molecule has 4 heteroatoms. The first-order chi connectivity index (χ1) is 12.7. The SMILES string of the molecule is C=CC(=O)N(CCCCCC)CCC(=O)OCCCCCCCCCC.